The van der Waals surface area contributed by atoms with Crippen LogP contribution in [0.4, 0.5) is 0 Å². The van der Waals surface area contributed by atoms with Crippen LogP contribution in [0.5, 0.6) is 0 Å². The Balaban J connectivity index is 2.36. The van der Waals surface area contributed by atoms with Crippen LogP contribution < -0.4 is 0 Å². The Morgan fingerprint density at radius 3 is 3.08 bits per heavy atom. The summed E-state index contributed by atoms with van der Waals surface area (Å²) in [6.07, 6.45) is 4.97. The minimum absolute atomic E-state index is 0.0798. The van der Waals surface area contributed by atoms with Crippen molar-refractivity contribution in [3.63, 3.8) is 0 Å². The van der Waals surface area contributed by atoms with Crippen molar-refractivity contribution in [1.82, 2.24) is 4.90 Å². The molecule has 2 aliphatic heterocycles. The Labute approximate surface area is 86.0 Å². The minimum Gasteiger partial charge on any atom is -0.308 e. The molecule has 12 heavy (non-hydrogen) atoms. The summed E-state index contributed by atoms with van der Waals surface area (Å²) in [7, 11) is 0. The van der Waals surface area contributed by atoms with E-state index in [1.807, 2.05) is 11.1 Å². The Morgan fingerprint density at radius 2 is 2.25 bits per heavy atom. The van der Waals surface area contributed by atoms with E-state index in [1.165, 1.54) is 6.34 Å². The van der Waals surface area contributed by atoms with Gasteiger partial charge in [0.1, 0.15) is 15.6 Å². The zero-order valence-corrected chi connectivity index (χ0v) is 9.03. The molecule has 2 heterocycles. The SMILES string of the molecule is BrC1=CN2C=NC=NC2C(Br)=N1. The topological polar surface area (TPSA) is 40.3 Å². The third-order valence-electron chi connectivity index (χ3n) is 1.44. The van der Waals surface area contributed by atoms with Crippen molar-refractivity contribution in [2.75, 3.05) is 0 Å². The lowest BCUT2D eigenvalue weighted by atomic mass is 10.4. The molecule has 0 aromatic carbocycles. The molecule has 4 nitrogen and oxygen atoms in total. The first-order chi connectivity index (χ1) is 5.77. The van der Waals surface area contributed by atoms with Crippen molar-refractivity contribution in [2.24, 2.45) is 15.0 Å². The van der Waals surface area contributed by atoms with Crippen LogP contribution in [-0.2, 0) is 0 Å². The predicted octanol–water partition coefficient (Wildman–Crippen LogP) is 1.69. The van der Waals surface area contributed by atoms with E-state index in [4.69, 9.17) is 0 Å². The van der Waals surface area contributed by atoms with Crippen molar-refractivity contribution in [1.29, 1.82) is 0 Å². The van der Waals surface area contributed by atoms with Gasteiger partial charge in [0.05, 0.1) is 6.34 Å². The highest BCUT2D eigenvalue weighted by Crippen LogP contribution is 2.21. The zero-order chi connectivity index (χ0) is 8.55. The van der Waals surface area contributed by atoms with Gasteiger partial charge in [-0.25, -0.2) is 15.0 Å². The normalized spacial score (nSPS) is 26.5. The van der Waals surface area contributed by atoms with E-state index in [0.29, 0.717) is 0 Å². The lowest BCUT2D eigenvalue weighted by Crippen LogP contribution is -2.36. The molecule has 0 saturated carbocycles. The van der Waals surface area contributed by atoms with Crippen LogP contribution in [0.1, 0.15) is 0 Å². The van der Waals surface area contributed by atoms with E-state index >= 15 is 0 Å². The molecule has 0 aromatic rings. The highest BCUT2D eigenvalue weighted by atomic mass is 79.9. The minimum atomic E-state index is -0.0798. The van der Waals surface area contributed by atoms with Gasteiger partial charge < -0.3 is 4.90 Å². The fourth-order valence-electron chi connectivity index (χ4n) is 0.949. The Morgan fingerprint density at radius 1 is 1.42 bits per heavy atom. The third kappa shape index (κ3) is 1.36. The van der Waals surface area contributed by atoms with E-state index in [0.717, 1.165) is 9.23 Å². The fraction of sp³-hybridized carbons (Fsp3) is 0.167. The van der Waals surface area contributed by atoms with Gasteiger partial charge >= 0.3 is 0 Å². The molecule has 0 radical (unpaired) electrons. The molecular formula is C6H4Br2N4. The van der Waals surface area contributed by atoms with Crippen LogP contribution in [0.25, 0.3) is 0 Å². The van der Waals surface area contributed by atoms with Gasteiger partial charge in [-0.15, -0.1) is 0 Å². The third-order valence-corrected chi connectivity index (χ3v) is 2.41. The number of nitrogens with zero attached hydrogens (tertiary/aromatic N) is 4. The van der Waals surface area contributed by atoms with Gasteiger partial charge in [0.15, 0.2) is 6.17 Å². The Kier molecular flexibility index (Phi) is 2.10. The fourth-order valence-corrected chi connectivity index (χ4v) is 2.16. The molecule has 0 fully saturated rings. The van der Waals surface area contributed by atoms with Crippen LogP contribution in [-0.4, -0.2) is 28.4 Å². The van der Waals surface area contributed by atoms with Crippen LogP contribution in [0.2, 0.25) is 0 Å². The number of rotatable bonds is 0. The maximum Gasteiger partial charge on any atom is 0.177 e. The Hall–Kier alpha value is -0.490. The maximum absolute atomic E-state index is 4.16. The summed E-state index contributed by atoms with van der Waals surface area (Å²) in [4.78, 5) is 14.0. The molecule has 0 aromatic heterocycles. The highest BCUT2D eigenvalue weighted by Gasteiger charge is 2.23. The molecule has 0 bridgehead atoms. The lowest BCUT2D eigenvalue weighted by molar-refractivity contribution is 0.511. The molecular weight excluding hydrogens is 288 g/mol. The standard InChI is InChI=1S/C6H4Br2N4/c7-4-1-12-3-9-2-10-6(12)5(8)11-4/h1-3,6H. The Bertz CT molecular complexity index is 318. The number of hydrogen-bond acceptors (Lipinski definition) is 4. The average molecular weight is 292 g/mol. The molecule has 0 N–H and O–H groups in total. The highest BCUT2D eigenvalue weighted by molar-refractivity contribution is 9.18. The van der Waals surface area contributed by atoms with Crippen LogP contribution in [0, 0.1) is 0 Å². The second-order valence-corrected chi connectivity index (χ2v) is 3.86. The summed E-state index contributed by atoms with van der Waals surface area (Å²) in [6.45, 7) is 0. The summed E-state index contributed by atoms with van der Waals surface area (Å²) in [5, 5.41) is 0. The van der Waals surface area contributed by atoms with E-state index in [-0.39, 0.29) is 6.17 Å². The number of hydrogen-bond donors (Lipinski definition) is 0. The van der Waals surface area contributed by atoms with Gasteiger partial charge in [0.2, 0.25) is 0 Å². The quantitative estimate of drug-likeness (QED) is 0.626. The molecule has 0 saturated heterocycles. The number of aliphatic imine (C=N–C) groups is 3. The van der Waals surface area contributed by atoms with Crippen LogP contribution >= 0.6 is 31.9 Å². The smallest absolute Gasteiger partial charge is 0.177 e. The van der Waals surface area contributed by atoms with Crippen molar-refractivity contribution in [3.8, 4) is 0 Å². The molecule has 2 aliphatic rings. The number of fused-ring (bicyclic) bond motifs is 1. The largest absolute Gasteiger partial charge is 0.308 e. The summed E-state index contributed by atoms with van der Waals surface area (Å²) in [5.41, 5.74) is 0. The van der Waals surface area contributed by atoms with Gasteiger partial charge in [0, 0.05) is 6.20 Å². The van der Waals surface area contributed by atoms with E-state index in [2.05, 4.69) is 46.8 Å². The van der Waals surface area contributed by atoms with E-state index in [9.17, 15) is 0 Å². The molecule has 0 amide bonds. The first-order valence-corrected chi connectivity index (χ1v) is 4.80. The second-order valence-electron chi connectivity index (χ2n) is 2.24. The van der Waals surface area contributed by atoms with Gasteiger partial charge in [-0.05, 0) is 31.9 Å². The van der Waals surface area contributed by atoms with E-state index < -0.39 is 0 Å². The summed E-state index contributed by atoms with van der Waals surface area (Å²) in [6, 6.07) is 0. The summed E-state index contributed by atoms with van der Waals surface area (Å²) in [5.74, 6) is 0. The van der Waals surface area contributed by atoms with Gasteiger partial charge in [-0.1, -0.05) is 0 Å². The molecule has 62 valence electrons. The monoisotopic (exact) mass is 290 g/mol. The van der Waals surface area contributed by atoms with Crippen molar-refractivity contribution in [2.45, 2.75) is 6.17 Å². The van der Waals surface area contributed by atoms with Gasteiger partial charge in [-0.2, -0.15) is 0 Å². The molecule has 1 atom stereocenters. The molecule has 6 heteroatoms. The first kappa shape index (κ1) is 8.12. The summed E-state index contributed by atoms with van der Waals surface area (Å²) >= 11 is 6.61. The van der Waals surface area contributed by atoms with Crippen molar-refractivity contribution in [3.05, 3.63) is 10.8 Å². The molecule has 1 unspecified atom stereocenters. The van der Waals surface area contributed by atoms with Gasteiger partial charge in [-0.3, -0.25) is 0 Å². The number of halogens is 2. The van der Waals surface area contributed by atoms with Crippen LogP contribution in [0.3, 0.4) is 0 Å². The van der Waals surface area contributed by atoms with E-state index in [1.54, 1.807) is 6.34 Å². The average Bonchev–Trinajstić information content (AvgIpc) is 2.04. The van der Waals surface area contributed by atoms with Gasteiger partial charge in [0.25, 0.3) is 0 Å². The first-order valence-electron chi connectivity index (χ1n) is 3.21. The molecule has 0 spiro atoms. The predicted molar refractivity (Wildman–Crippen MR) is 56.0 cm³/mol. The van der Waals surface area contributed by atoms with Crippen molar-refractivity contribution < 1.29 is 0 Å². The maximum atomic E-state index is 4.16. The lowest BCUT2D eigenvalue weighted by Gasteiger charge is -2.26. The summed E-state index contributed by atoms with van der Waals surface area (Å²) < 4.78 is 1.54. The van der Waals surface area contributed by atoms with Crippen LogP contribution in [0.15, 0.2) is 25.8 Å². The van der Waals surface area contributed by atoms with Crippen molar-refractivity contribution >= 4 is 49.2 Å². The second kappa shape index (κ2) is 3.10. The molecule has 2 rings (SSSR count). The zero-order valence-electron chi connectivity index (χ0n) is 5.85. The molecule has 0 aliphatic carbocycles.